The van der Waals surface area contributed by atoms with Crippen LogP contribution < -0.4 is 15.2 Å². The first-order valence-corrected chi connectivity index (χ1v) is 10.3. The van der Waals surface area contributed by atoms with Crippen LogP contribution in [-0.4, -0.2) is 29.2 Å². The monoisotopic (exact) mass is 434 g/mol. The second kappa shape index (κ2) is 7.19. The first-order valence-electron chi connectivity index (χ1n) is 10.3. The van der Waals surface area contributed by atoms with Gasteiger partial charge in [0.15, 0.2) is 17.1 Å². The summed E-state index contributed by atoms with van der Waals surface area (Å²) < 4.78 is 32.8. The molecule has 3 aromatic rings. The van der Waals surface area contributed by atoms with Crippen molar-refractivity contribution in [1.82, 2.24) is 9.97 Å². The molecule has 7 nitrogen and oxygen atoms in total. The zero-order valence-electron chi connectivity index (χ0n) is 18.1. The minimum Gasteiger partial charge on any atom is -0.493 e. The highest BCUT2D eigenvalue weighted by Gasteiger charge is 2.48. The first-order chi connectivity index (χ1) is 15.2. The van der Waals surface area contributed by atoms with Crippen molar-refractivity contribution >= 4 is 6.02 Å². The summed E-state index contributed by atoms with van der Waals surface area (Å²) in [5.74, 6) is 0.736. The van der Waals surface area contributed by atoms with Crippen LogP contribution in [0, 0.1) is 11.2 Å². The molecular formula is C24H23FN4O3. The van der Waals surface area contributed by atoms with Crippen molar-refractivity contribution in [2.75, 3.05) is 13.2 Å². The molecule has 0 bridgehead atoms. The van der Waals surface area contributed by atoms with Crippen molar-refractivity contribution in [3.05, 3.63) is 66.0 Å². The summed E-state index contributed by atoms with van der Waals surface area (Å²) in [6, 6.07) is 8.71. The van der Waals surface area contributed by atoms with E-state index in [0.29, 0.717) is 40.4 Å². The Labute approximate surface area is 185 Å². The number of hydrogen-bond donors (Lipinski definition) is 1. The van der Waals surface area contributed by atoms with Crippen molar-refractivity contribution in [3.63, 3.8) is 0 Å². The molecule has 0 unspecified atom stereocenters. The number of amidine groups is 1. The van der Waals surface area contributed by atoms with Crippen LogP contribution in [0.5, 0.6) is 17.2 Å². The number of nitrogens with two attached hydrogens (primary N) is 1. The molecule has 0 aliphatic carbocycles. The van der Waals surface area contributed by atoms with Crippen LogP contribution in [0.3, 0.4) is 0 Å². The summed E-state index contributed by atoms with van der Waals surface area (Å²) in [5.41, 5.74) is 7.39. The third-order valence-electron chi connectivity index (χ3n) is 5.39. The molecule has 3 heterocycles. The highest BCUT2D eigenvalue weighted by atomic mass is 19.1. The van der Waals surface area contributed by atoms with Gasteiger partial charge in [0.2, 0.25) is 0 Å². The molecular weight excluding hydrogens is 411 g/mol. The van der Waals surface area contributed by atoms with Crippen molar-refractivity contribution in [3.8, 4) is 28.4 Å². The largest absolute Gasteiger partial charge is 0.493 e. The van der Waals surface area contributed by atoms with E-state index in [1.54, 1.807) is 24.5 Å². The lowest BCUT2D eigenvalue weighted by molar-refractivity contribution is 0.197. The maximum absolute atomic E-state index is 15.3. The van der Waals surface area contributed by atoms with Gasteiger partial charge in [-0.2, -0.15) is 0 Å². The molecule has 0 fully saturated rings. The van der Waals surface area contributed by atoms with Gasteiger partial charge in [0.1, 0.15) is 24.4 Å². The second-order valence-corrected chi connectivity index (χ2v) is 9.17. The molecule has 5 rings (SSSR count). The van der Waals surface area contributed by atoms with Crippen LogP contribution in [0.2, 0.25) is 0 Å². The summed E-state index contributed by atoms with van der Waals surface area (Å²) in [6.07, 6.45) is 4.67. The molecule has 2 aliphatic rings. The van der Waals surface area contributed by atoms with E-state index in [1.807, 2.05) is 12.1 Å². The van der Waals surface area contributed by atoms with E-state index in [0.717, 1.165) is 0 Å². The van der Waals surface area contributed by atoms with Crippen LogP contribution >= 0.6 is 0 Å². The number of ether oxygens (including phenoxy) is 3. The summed E-state index contributed by atoms with van der Waals surface area (Å²) in [7, 11) is 0. The Bertz CT molecular complexity index is 1220. The van der Waals surface area contributed by atoms with Gasteiger partial charge in [0.25, 0.3) is 6.02 Å². The zero-order valence-corrected chi connectivity index (χ0v) is 18.1. The quantitative estimate of drug-likeness (QED) is 0.657. The molecule has 32 heavy (non-hydrogen) atoms. The number of halogens is 1. The van der Waals surface area contributed by atoms with Crippen LogP contribution in [-0.2, 0) is 10.3 Å². The maximum Gasteiger partial charge on any atom is 0.283 e. The number of benzene rings is 2. The molecule has 1 aromatic heterocycles. The highest BCUT2D eigenvalue weighted by molar-refractivity contribution is 5.78. The van der Waals surface area contributed by atoms with E-state index in [1.165, 1.54) is 12.4 Å². The van der Waals surface area contributed by atoms with Crippen LogP contribution in [0.1, 0.15) is 31.9 Å². The molecule has 0 radical (unpaired) electrons. The Morgan fingerprint density at radius 1 is 1.09 bits per heavy atom. The highest BCUT2D eigenvalue weighted by Crippen LogP contribution is 2.53. The van der Waals surface area contributed by atoms with Gasteiger partial charge in [-0.25, -0.2) is 19.4 Å². The minimum atomic E-state index is -1.05. The molecule has 1 spiro atoms. The fourth-order valence-electron chi connectivity index (χ4n) is 3.89. The van der Waals surface area contributed by atoms with E-state index < -0.39 is 11.4 Å². The van der Waals surface area contributed by atoms with E-state index in [-0.39, 0.29) is 23.8 Å². The van der Waals surface area contributed by atoms with Gasteiger partial charge in [-0.1, -0.05) is 20.8 Å². The van der Waals surface area contributed by atoms with Crippen molar-refractivity contribution < 1.29 is 18.6 Å². The number of rotatable bonds is 3. The fourth-order valence-corrected chi connectivity index (χ4v) is 3.89. The third kappa shape index (κ3) is 3.41. The van der Waals surface area contributed by atoms with Gasteiger partial charge < -0.3 is 19.9 Å². The van der Waals surface area contributed by atoms with Gasteiger partial charge >= 0.3 is 0 Å². The Hall–Kier alpha value is -3.68. The Kier molecular flexibility index (Phi) is 4.54. The normalized spacial score (nSPS) is 18.9. The molecule has 2 N–H and O–H groups in total. The molecule has 0 saturated carbocycles. The van der Waals surface area contributed by atoms with E-state index in [2.05, 4.69) is 35.7 Å². The molecule has 164 valence electrons. The van der Waals surface area contributed by atoms with E-state index in [9.17, 15) is 0 Å². The number of aliphatic imine (C=N–C) groups is 1. The van der Waals surface area contributed by atoms with Gasteiger partial charge in [-0.15, -0.1) is 0 Å². The van der Waals surface area contributed by atoms with Crippen molar-refractivity contribution in [2.45, 2.75) is 26.3 Å². The number of nitrogens with zero attached hydrogens (tertiary/aromatic N) is 3. The van der Waals surface area contributed by atoms with Crippen LogP contribution in [0.15, 0.2) is 54.0 Å². The molecule has 8 heteroatoms. The molecule has 1 atom stereocenters. The van der Waals surface area contributed by atoms with E-state index in [4.69, 9.17) is 19.9 Å². The topological polar surface area (TPSA) is 91.9 Å². The van der Waals surface area contributed by atoms with Gasteiger partial charge in [-0.05, 0) is 41.3 Å². The molecule has 0 saturated heterocycles. The summed E-state index contributed by atoms with van der Waals surface area (Å²) in [4.78, 5) is 12.7. The Morgan fingerprint density at radius 3 is 2.56 bits per heavy atom. The fraction of sp³-hybridized carbons (Fsp3) is 0.292. The van der Waals surface area contributed by atoms with Crippen LogP contribution in [0.25, 0.3) is 11.1 Å². The third-order valence-corrected chi connectivity index (χ3v) is 5.39. The number of aromatic nitrogens is 2. The average Bonchev–Trinajstić information content (AvgIpc) is 3.15. The van der Waals surface area contributed by atoms with Crippen LogP contribution in [0.4, 0.5) is 4.39 Å². The minimum absolute atomic E-state index is 0.00841. The van der Waals surface area contributed by atoms with Crippen molar-refractivity contribution in [1.29, 1.82) is 0 Å². The Morgan fingerprint density at radius 2 is 1.88 bits per heavy atom. The maximum atomic E-state index is 15.3. The first kappa shape index (κ1) is 20.2. The summed E-state index contributed by atoms with van der Waals surface area (Å²) in [5, 5.41) is 0. The van der Waals surface area contributed by atoms with Crippen molar-refractivity contribution in [2.24, 2.45) is 16.1 Å². The predicted molar refractivity (Wildman–Crippen MR) is 117 cm³/mol. The summed E-state index contributed by atoms with van der Waals surface area (Å²) in [6.45, 7) is 6.95. The number of hydrogen-bond acceptors (Lipinski definition) is 7. The zero-order chi connectivity index (χ0) is 22.5. The predicted octanol–water partition coefficient (Wildman–Crippen LogP) is 4.40. The second-order valence-electron chi connectivity index (χ2n) is 9.17. The smallest absolute Gasteiger partial charge is 0.283 e. The SMILES string of the molecule is CC(C)(C)COc1ccc2c(c1)[C@@]1(COC(N)=N1)c1cc(-c3cncnc3)cc(F)c1O2. The lowest BCUT2D eigenvalue weighted by Crippen LogP contribution is -2.31. The van der Waals surface area contributed by atoms with Gasteiger partial charge in [-0.3, -0.25) is 0 Å². The molecule has 0 amide bonds. The molecule has 2 aromatic carbocycles. The number of fused-ring (bicyclic) bond motifs is 4. The summed E-state index contributed by atoms with van der Waals surface area (Å²) >= 11 is 0. The lowest BCUT2D eigenvalue weighted by Gasteiger charge is -2.34. The lowest BCUT2D eigenvalue weighted by atomic mass is 9.80. The van der Waals surface area contributed by atoms with Gasteiger partial charge in [0.05, 0.1) is 6.61 Å². The standard InChI is InChI=1S/C24H23FN4O3/c1-23(2,3)11-30-16-4-5-20-17(8-16)24(12-31-22(26)29-24)18-6-14(7-19(25)21(18)32-20)15-9-27-13-28-10-15/h4-10,13H,11-12H2,1-3H3,(H2,26,29)/t24-/m0/s1. The molecule has 2 aliphatic heterocycles. The van der Waals surface area contributed by atoms with E-state index >= 15 is 4.39 Å². The van der Waals surface area contributed by atoms with Gasteiger partial charge in [0, 0.05) is 29.1 Å². The average molecular weight is 434 g/mol. The Balaban J connectivity index is 1.67.